The molecule has 1 saturated carbocycles. The second-order valence-corrected chi connectivity index (χ2v) is 6.07. The average Bonchev–Trinajstić information content (AvgIpc) is 2.56. The molecule has 23 heavy (non-hydrogen) atoms. The van der Waals surface area contributed by atoms with E-state index < -0.39 is 23.1 Å². The first-order chi connectivity index (χ1) is 10.9. The van der Waals surface area contributed by atoms with Crippen molar-refractivity contribution in [3.05, 3.63) is 47.5 Å². The second-order valence-electron chi connectivity index (χ2n) is 6.07. The quantitative estimate of drug-likeness (QED) is 0.580. The molecule has 1 heterocycles. The Morgan fingerprint density at radius 3 is 2.09 bits per heavy atom. The lowest BCUT2D eigenvalue weighted by Crippen LogP contribution is -2.43. The van der Waals surface area contributed by atoms with Crippen LogP contribution in [-0.4, -0.2) is 12.7 Å². The van der Waals surface area contributed by atoms with Crippen molar-refractivity contribution in [1.29, 1.82) is 0 Å². The van der Waals surface area contributed by atoms with E-state index in [1.165, 1.54) is 25.7 Å². The molecule has 0 N–H and O–H groups in total. The standard InChI is InChI=1S/C17H19F3O3/c1-21-16(13-5-7-14(8-6-13)17(18,19)20)12-11-15(22-23-16)9-3-2-4-10-15/h5-8,11-12H,2-4,9-10H2,1H3. The van der Waals surface area contributed by atoms with Gasteiger partial charge in [-0.2, -0.15) is 18.1 Å². The number of benzene rings is 1. The van der Waals surface area contributed by atoms with Crippen LogP contribution in [-0.2, 0) is 26.5 Å². The van der Waals surface area contributed by atoms with Gasteiger partial charge in [-0.25, -0.2) is 4.89 Å². The largest absolute Gasteiger partial charge is 0.416 e. The Morgan fingerprint density at radius 1 is 0.957 bits per heavy atom. The lowest BCUT2D eigenvalue weighted by atomic mass is 9.83. The molecule has 0 bridgehead atoms. The molecule has 1 spiro atoms. The third-order valence-corrected chi connectivity index (χ3v) is 4.56. The summed E-state index contributed by atoms with van der Waals surface area (Å²) in [7, 11) is 1.43. The number of ether oxygens (including phenoxy) is 1. The van der Waals surface area contributed by atoms with E-state index in [4.69, 9.17) is 14.5 Å². The van der Waals surface area contributed by atoms with Crippen LogP contribution < -0.4 is 0 Å². The van der Waals surface area contributed by atoms with E-state index in [9.17, 15) is 13.2 Å². The zero-order chi connectivity index (χ0) is 16.6. The Balaban J connectivity index is 1.86. The van der Waals surface area contributed by atoms with E-state index in [1.54, 1.807) is 6.08 Å². The molecule has 0 amide bonds. The van der Waals surface area contributed by atoms with Gasteiger partial charge in [-0.15, -0.1) is 0 Å². The van der Waals surface area contributed by atoms with Gasteiger partial charge in [-0.05, 0) is 37.1 Å². The van der Waals surface area contributed by atoms with Crippen molar-refractivity contribution in [3.63, 3.8) is 0 Å². The molecular weight excluding hydrogens is 309 g/mol. The molecule has 1 aromatic carbocycles. The molecule has 1 unspecified atom stereocenters. The Bertz CT molecular complexity index is 574. The topological polar surface area (TPSA) is 27.7 Å². The van der Waals surface area contributed by atoms with E-state index >= 15 is 0 Å². The highest BCUT2D eigenvalue weighted by atomic mass is 19.4. The molecule has 1 fully saturated rings. The minimum absolute atomic E-state index is 0.438. The summed E-state index contributed by atoms with van der Waals surface area (Å²) in [4.78, 5) is 11.2. The van der Waals surface area contributed by atoms with Crippen LogP contribution in [0, 0.1) is 0 Å². The van der Waals surface area contributed by atoms with Crippen LogP contribution >= 0.6 is 0 Å². The molecule has 6 heteroatoms. The SMILES string of the molecule is COC1(c2ccc(C(F)(F)F)cc2)C=CC2(CCCCC2)OO1. The summed E-state index contributed by atoms with van der Waals surface area (Å²) in [6, 6.07) is 4.72. The van der Waals surface area contributed by atoms with Crippen LogP contribution in [0.1, 0.15) is 43.2 Å². The van der Waals surface area contributed by atoms with Crippen LogP contribution in [0.5, 0.6) is 0 Å². The van der Waals surface area contributed by atoms with Gasteiger partial charge < -0.3 is 4.74 Å². The van der Waals surface area contributed by atoms with Crippen LogP contribution in [0.3, 0.4) is 0 Å². The molecule has 1 aliphatic carbocycles. The summed E-state index contributed by atoms with van der Waals surface area (Å²) in [5.41, 5.74) is -0.696. The number of alkyl halides is 3. The number of halogens is 3. The summed E-state index contributed by atoms with van der Waals surface area (Å²) >= 11 is 0. The van der Waals surface area contributed by atoms with Crippen LogP contribution in [0.25, 0.3) is 0 Å². The van der Waals surface area contributed by atoms with E-state index in [-0.39, 0.29) is 0 Å². The summed E-state index contributed by atoms with van der Waals surface area (Å²) in [5.74, 6) is -1.31. The van der Waals surface area contributed by atoms with Gasteiger partial charge in [0.1, 0.15) is 5.60 Å². The van der Waals surface area contributed by atoms with Crippen molar-refractivity contribution < 1.29 is 27.7 Å². The van der Waals surface area contributed by atoms with Crippen molar-refractivity contribution >= 4 is 0 Å². The minimum atomic E-state index is -4.37. The molecule has 3 nitrogen and oxygen atoms in total. The lowest BCUT2D eigenvalue weighted by Gasteiger charge is -2.41. The van der Waals surface area contributed by atoms with Crippen LogP contribution in [0.2, 0.25) is 0 Å². The fourth-order valence-electron chi connectivity index (χ4n) is 3.12. The highest BCUT2D eigenvalue weighted by Gasteiger charge is 2.43. The molecular formula is C17H19F3O3. The first kappa shape index (κ1) is 16.5. The van der Waals surface area contributed by atoms with E-state index in [0.29, 0.717) is 5.56 Å². The van der Waals surface area contributed by atoms with E-state index in [2.05, 4.69) is 0 Å². The maximum Gasteiger partial charge on any atom is 0.416 e. The highest BCUT2D eigenvalue weighted by Crippen LogP contribution is 2.42. The lowest BCUT2D eigenvalue weighted by molar-refractivity contribution is -0.459. The fraction of sp³-hybridized carbons (Fsp3) is 0.529. The molecule has 0 radical (unpaired) electrons. The Hall–Kier alpha value is -1.37. The second kappa shape index (κ2) is 5.92. The Kier molecular flexibility index (Phi) is 4.25. The van der Waals surface area contributed by atoms with Gasteiger partial charge in [0.2, 0.25) is 5.79 Å². The van der Waals surface area contributed by atoms with Crippen LogP contribution in [0.15, 0.2) is 36.4 Å². The predicted octanol–water partition coefficient (Wildman–Crippen LogP) is 4.73. The van der Waals surface area contributed by atoms with Crippen molar-refractivity contribution in [2.24, 2.45) is 0 Å². The zero-order valence-electron chi connectivity index (χ0n) is 12.9. The maximum atomic E-state index is 12.7. The third kappa shape index (κ3) is 3.16. The highest BCUT2D eigenvalue weighted by molar-refractivity contribution is 5.31. The van der Waals surface area contributed by atoms with Crippen molar-refractivity contribution in [2.45, 2.75) is 49.7 Å². The van der Waals surface area contributed by atoms with Crippen molar-refractivity contribution in [1.82, 2.24) is 0 Å². The van der Waals surface area contributed by atoms with Crippen molar-refractivity contribution in [2.75, 3.05) is 7.11 Å². The monoisotopic (exact) mass is 328 g/mol. The smallest absolute Gasteiger partial charge is 0.344 e. The number of rotatable bonds is 2. The van der Waals surface area contributed by atoms with Gasteiger partial charge in [-0.3, -0.25) is 0 Å². The Morgan fingerprint density at radius 2 is 1.61 bits per heavy atom. The fourth-order valence-corrected chi connectivity index (χ4v) is 3.12. The summed E-state index contributed by atoms with van der Waals surface area (Å²) in [6.45, 7) is 0. The molecule has 0 saturated heterocycles. The molecule has 1 aliphatic heterocycles. The first-order valence-electron chi connectivity index (χ1n) is 7.69. The number of methoxy groups -OCH3 is 1. The molecule has 126 valence electrons. The van der Waals surface area contributed by atoms with Crippen molar-refractivity contribution in [3.8, 4) is 0 Å². The van der Waals surface area contributed by atoms with E-state index in [1.807, 2.05) is 6.08 Å². The van der Waals surface area contributed by atoms with Crippen LogP contribution in [0.4, 0.5) is 13.2 Å². The van der Waals surface area contributed by atoms with Gasteiger partial charge in [0.25, 0.3) is 0 Å². The average molecular weight is 328 g/mol. The number of hydrogen-bond acceptors (Lipinski definition) is 3. The normalized spacial score (nSPS) is 27.3. The van der Waals surface area contributed by atoms with Gasteiger partial charge in [0, 0.05) is 12.7 Å². The summed E-state index contributed by atoms with van der Waals surface area (Å²) in [6.07, 6.45) is 4.34. The Labute approximate surface area is 133 Å². The molecule has 1 atom stereocenters. The number of hydrogen-bond donors (Lipinski definition) is 0. The van der Waals surface area contributed by atoms with Gasteiger partial charge in [-0.1, -0.05) is 31.4 Å². The predicted molar refractivity (Wildman–Crippen MR) is 77.3 cm³/mol. The van der Waals surface area contributed by atoms with Gasteiger partial charge >= 0.3 is 6.18 Å². The molecule has 3 rings (SSSR count). The van der Waals surface area contributed by atoms with E-state index in [0.717, 1.165) is 37.8 Å². The minimum Gasteiger partial charge on any atom is -0.344 e. The third-order valence-electron chi connectivity index (χ3n) is 4.56. The molecule has 2 aliphatic rings. The zero-order valence-corrected chi connectivity index (χ0v) is 12.9. The maximum absolute atomic E-state index is 12.7. The first-order valence-corrected chi connectivity index (χ1v) is 7.69. The van der Waals surface area contributed by atoms with Gasteiger partial charge in [0.05, 0.1) is 5.56 Å². The molecule has 1 aromatic rings. The summed E-state index contributed by atoms with van der Waals surface area (Å²) < 4.78 is 43.4. The molecule has 0 aromatic heterocycles. The van der Waals surface area contributed by atoms with Gasteiger partial charge in [0.15, 0.2) is 0 Å². The summed E-state index contributed by atoms with van der Waals surface area (Å²) in [5, 5.41) is 0.